The number of H-pyrrole nitrogens is 1. The molecule has 2 aliphatic heterocycles. The Balaban J connectivity index is 0.00000400. The largest absolute Gasteiger partial charge is 0.355 e. The van der Waals surface area contributed by atoms with Gasteiger partial charge in [0.05, 0.1) is 39.5 Å². The maximum atomic E-state index is 5.34. The van der Waals surface area contributed by atoms with E-state index in [0.29, 0.717) is 0 Å². The van der Waals surface area contributed by atoms with Crippen molar-refractivity contribution < 1.29 is 17.1 Å². The summed E-state index contributed by atoms with van der Waals surface area (Å²) in [5.41, 5.74) is 14.5. The summed E-state index contributed by atoms with van der Waals surface area (Å²) < 4.78 is 6.26. The van der Waals surface area contributed by atoms with Crippen molar-refractivity contribution in [2.75, 3.05) is 0 Å². The molecule has 0 fully saturated rings. The van der Waals surface area contributed by atoms with E-state index in [9.17, 15) is 0 Å². The number of benzene rings is 4. The predicted molar refractivity (Wildman–Crippen MR) is 231 cm³/mol. The molecule has 8 bridgehead atoms. The Morgan fingerprint density at radius 2 is 0.925 bits per heavy atom. The fourth-order valence-corrected chi connectivity index (χ4v) is 8.88. The van der Waals surface area contributed by atoms with Crippen molar-refractivity contribution in [2.24, 2.45) is 0 Å². The van der Waals surface area contributed by atoms with Crippen molar-refractivity contribution in [1.29, 1.82) is 0 Å². The van der Waals surface area contributed by atoms with E-state index in [4.69, 9.17) is 9.97 Å². The van der Waals surface area contributed by atoms with Crippen LogP contribution in [0.25, 0.3) is 85.4 Å². The molecule has 7 aromatic rings. The second kappa shape index (κ2) is 15.0. The monoisotopic (exact) mass is 982 g/mol. The van der Waals surface area contributed by atoms with Crippen LogP contribution in [0, 0.1) is 0 Å². The third-order valence-corrected chi connectivity index (χ3v) is 11.9. The van der Waals surface area contributed by atoms with E-state index in [1.54, 1.807) is 0 Å². The zero-order chi connectivity index (χ0) is 35.3. The maximum absolute atomic E-state index is 5.34. The van der Waals surface area contributed by atoms with Gasteiger partial charge >= 0.3 is 0 Å². The van der Waals surface area contributed by atoms with Crippen molar-refractivity contribution in [2.45, 2.75) is 0 Å². The van der Waals surface area contributed by atoms with E-state index < -0.39 is 0 Å². The van der Waals surface area contributed by atoms with Gasteiger partial charge in [-0.1, -0.05) is 115 Å². The first-order valence-electron chi connectivity index (χ1n) is 16.6. The summed E-state index contributed by atoms with van der Waals surface area (Å²) >= 11 is 15.9. The van der Waals surface area contributed by atoms with Crippen molar-refractivity contribution >= 4 is 110 Å². The Morgan fingerprint density at radius 3 is 1.51 bits per heavy atom. The molecule has 0 unspecified atom stereocenters. The first kappa shape index (κ1) is 35.9. The van der Waals surface area contributed by atoms with Gasteiger partial charge in [0.2, 0.25) is 0 Å². The zero-order valence-electron chi connectivity index (χ0n) is 27.6. The molecule has 0 radical (unpaired) electrons. The number of halogens is 4. The average molecular weight is 986 g/mol. The Hall–Kier alpha value is -4.08. The van der Waals surface area contributed by atoms with E-state index in [0.717, 1.165) is 102 Å². The van der Waals surface area contributed by atoms with Crippen LogP contribution in [0.2, 0.25) is 0 Å². The van der Waals surface area contributed by atoms with Crippen LogP contribution in [0.1, 0.15) is 22.8 Å². The van der Waals surface area contributed by atoms with Gasteiger partial charge in [0.25, 0.3) is 0 Å². The Kier molecular flexibility index (Phi) is 10.2. The molecule has 2 aliphatic rings. The zero-order valence-corrected chi connectivity index (χ0v) is 35.1. The van der Waals surface area contributed by atoms with Gasteiger partial charge in [-0.25, -0.2) is 9.97 Å². The molecule has 0 atom stereocenters. The number of nitrogens with zero attached hydrogens (tertiary/aromatic N) is 3. The van der Waals surface area contributed by atoms with Crippen molar-refractivity contribution in [3.8, 4) is 39.1 Å². The van der Waals surface area contributed by atoms with Crippen molar-refractivity contribution in [1.82, 2.24) is 19.5 Å². The minimum atomic E-state index is 0. The SMILES string of the molecule is Brc1ccccc1-c1c(-c2ccccc2Br)c2c(-c3ccccc3Br)c3nc(cc4ccc(cc5nc(cc1n2-c1ccccc1Br)C=C5)[nH]4)C=C3.[Fe]. The summed E-state index contributed by atoms with van der Waals surface area (Å²) in [5, 5.41) is 0. The van der Waals surface area contributed by atoms with Gasteiger partial charge < -0.3 is 9.55 Å². The van der Waals surface area contributed by atoms with E-state index in [1.807, 2.05) is 12.1 Å². The molecule has 5 heterocycles. The van der Waals surface area contributed by atoms with Crippen LogP contribution in [0.5, 0.6) is 0 Å². The quantitative estimate of drug-likeness (QED) is 0.179. The van der Waals surface area contributed by atoms with Gasteiger partial charge in [-0.15, -0.1) is 0 Å². The fraction of sp³-hybridized carbons (Fsp3) is 0. The van der Waals surface area contributed by atoms with E-state index >= 15 is 0 Å². The molecule has 1 N–H and O–H groups in total. The fourth-order valence-electron chi connectivity index (χ4n) is 6.97. The van der Waals surface area contributed by atoms with E-state index in [-0.39, 0.29) is 17.1 Å². The summed E-state index contributed by atoms with van der Waals surface area (Å²) in [4.78, 5) is 14.0. The number of nitrogens with one attached hydrogen (secondary N) is 1. The van der Waals surface area contributed by atoms with Crippen LogP contribution < -0.4 is 0 Å². The van der Waals surface area contributed by atoms with Gasteiger partial charge in [0.15, 0.2) is 0 Å². The third kappa shape index (κ3) is 6.69. The van der Waals surface area contributed by atoms with Crippen LogP contribution in [0.4, 0.5) is 0 Å². The van der Waals surface area contributed by atoms with Gasteiger partial charge in [-0.2, -0.15) is 0 Å². The summed E-state index contributed by atoms with van der Waals surface area (Å²) in [5.74, 6) is 0. The molecule has 0 amide bonds. The Labute approximate surface area is 350 Å². The van der Waals surface area contributed by atoms with Crippen LogP contribution in [-0.4, -0.2) is 19.5 Å². The van der Waals surface area contributed by atoms with Gasteiger partial charge in [0, 0.05) is 68.2 Å². The van der Waals surface area contributed by atoms with Crippen LogP contribution >= 0.6 is 63.7 Å². The number of hydrogen-bond acceptors (Lipinski definition) is 2. The first-order valence-corrected chi connectivity index (χ1v) is 19.8. The van der Waals surface area contributed by atoms with Gasteiger partial charge in [-0.05, 0) is 112 Å². The smallest absolute Gasteiger partial charge is 0.0737 e. The van der Waals surface area contributed by atoms with Crippen LogP contribution in [0.15, 0.2) is 145 Å². The van der Waals surface area contributed by atoms with Crippen LogP contribution in [-0.2, 0) is 17.1 Å². The Morgan fingerprint density at radius 1 is 0.453 bits per heavy atom. The molecule has 3 aromatic heterocycles. The third-order valence-electron chi connectivity index (χ3n) is 9.19. The number of hydrogen-bond donors (Lipinski definition) is 1. The molecule has 9 rings (SSSR count). The molecule has 0 spiro atoms. The standard InChI is InChI=1S/C44H26Br4N4.Fe/c45-34-12-4-1-9-31(34)41-38-22-21-29(51-38)24-28-18-17-26(49-28)23-27-19-20-30(50-27)25-40-42(32-10-2-5-13-35(32)46)43(33-11-3-6-14-36(33)47)44(41)52(40)39-16-8-7-15-37(39)48;/h1-25,49H;. The van der Waals surface area contributed by atoms with Gasteiger partial charge in [0.1, 0.15) is 0 Å². The maximum Gasteiger partial charge on any atom is 0.0737 e. The molecule has 0 aliphatic carbocycles. The second-order valence-electron chi connectivity index (χ2n) is 12.4. The number of aromatic amines is 1. The van der Waals surface area contributed by atoms with E-state index in [1.165, 1.54) is 0 Å². The minimum Gasteiger partial charge on any atom is -0.355 e. The molecule has 53 heavy (non-hydrogen) atoms. The number of rotatable bonds is 4. The molecular formula is C44H26Br4FeN4. The first-order chi connectivity index (χ1) is 25.4. The summed E-state index contributed by atoms with van der Waals surface area (Å²) in [7, 11) is 0. The van der Waals surface area contributed by atoms with Crippen molar-refractivity contribution in [3.63, 3.8) is 0 Å². The number of aromatic nitrogens is 4. The molecular weight excluding hydrogens is 960 g/mol. The van der Waals surface area contributed by atoms with Crippen LogP contribution in [0.3, 0.4) is 0 Å². The molecule has 0 saturated carbocycles. The van der Waals surface area contributed by atoms with Crippen molar-refractivity contribution in [3.05, 3.63) is 168 Å². The van der Waals surface area contributed by atoms with Gasteiger partial charge in [-0.3, -0.25) is 0 Å². The van der Waals surface area contributed by atoms with E-state index in [2.05, 4.69) is 213 Å². The Bertz CT molecular complexity index is 2820. The molecule has 258 valence electrons. The predicted octanol–water partition coefficient (Wildman–Crippen LogP) is 14.2. The second-order valence-corrected chi connectivity index (χ2v) is 15.9. The molecule has 9 heteroatoms. The minimum absolute atomic E-state index is 0. The molecule has 4 nitrogen and oxygen atoms in total. The normalized spacial score (nSPS) is 11.8. The summed E-state index contributed by atoms with van der Waals surface area (Å²) in [6, 6.07) is 44.2. The average Bonchev–Trinajstić information content (AvgIpc) is 3.95. The summed E-state index contributed by atoms with van der Waals surface area (Å²) in [6.45, 7) is 0. The molecule has 0 saturated heterocycles. The number of para-hydroxylation sites is 1. The summed E-state index contributed by atoms with van der Waals surface area (Å²) in [6.07, 6.45) is 8.37. The molecule has 4 aromatic carbocycles. The topological polar surface area (TPSA) is 46.5 Å². The number of fused-ring (bicyclic) bond motifs is 8.